The minimum atomic E-state index is -0.235. The summed E-state index contributed by atoms with van der Waals surface area (Å²) in [7, 11) is 0. The van der Waals surface area contributed by atoms with Gasteiger partial charge in [-0.3, -0.25) is 29.1 Å². The molecule has 5 rings (SSSR count). The first-order valence-corrected chi connectivity index (χ1v) is 12.7. The van der Waals surface area contributed by atoms with E-state index in [1.54, 1.807) is 29.2 Å². The number of thiazole rings is 1. The molecule has 0 spiro atoms. The van der Waals surface area contributed by atoms with Crippen LogP contribution in [0.15, 0.2) is 36.4 Å². The van der Waals surface area contributed by atoms with Gasteiger partial charge in [-0.2, -0.15) is 0 Å². The molecule has 2 aliphatic heterocycles. The van der Waals surface area contributed by atoms with Gasteiger partial charge in [0.25, 0.3) is 5.91 Å². The molecule has 0 aliphatic carbocycles. The predicted molar refractivity (Wildman–Crippen MR) is 136 cm³/mol. The average Bonchev–Trinajstić information content (AvgIpc) is 3.42. The quantitative estimate of drug-likeness (QED) is 0.490. The summed E-state index contributed by atoms with van der Waals surface area (Å²) in [5.41, 5.74) is 4.01. The first-order chi connectivity index (χ1) is 16.9. The number of aromatic nitrogens is 1. The van der Waals surface area contributed by atoms with Crippen molar-refractivity contribution in [3.63, 3.8) is 0 Å². The number of fused-ring (bicyclic) bond motifs is 1. The van der Waals surface area contributed by atoms with Crippen molar-refractivity contribution in [2.24, 2.45) is 0 Å². The fourth-order valence-electron chi connectivity index (χ4n) is 4.63. The van der Waals surface area contributed by atoms with Gasteiger partial charge in [0.2, 0.25) is 11.8 Å². The maximum atomic E-state index is 13.8. The third kappa shape index (κ3) is 4.84. The van der Waals surface area contributed by atoms with Crippen molar-refractivity contribution >= 4 is 50.1 Å². The van der Waals surface area contributed by atoms with Crippen molar-refractivity contribution in [3.05, 3.63) is 53.1 Å². The van der Waals surface area contributed by atoms with Crippen molar-refractivity contribution < 1.29 is 19.1 Å². The van der Waals surface area contributed by atoms with Gasteiger partial charge in [-0.25, -0.2) is 4.98 Å². The van der Waals surface area contributed by atoms with Crippen LogP contribution in [0, 0.1) is 13.8 Å². The molecule has 182 valence electrons. The Morgan fingerprint density at radius 2 is 1.83 bits per heavy atom. The Morgan fingerprint density at radius 1 is 1.09 bits per heavy atom. The van der Waals surface area contributed by atoms with E-state index in [9.17, 15) is 14.4 Å². The second-order valence-corrected chi connectivity index (χ2v) is 9.99. The molecule has 0 bridgehead atoms. The summed E-state index contributed by atoms with van der Waals surface area (Å²) in [5.74, 6) is -0.672. The van der Waals surface area contributed by atoms with Crippen LogP contribution in [0.3, 0.4) is 0 Å². The van der Waals surface area contributed by atoms with E-state index in [2.05, 4.69) is 17.9 Å². The van der Waals surface area contributed by atoms with E-state index in [0.29, 0.717) is 42.7 Å². The van der Waals surface area contributed by atoms with Crippen molar-refractivity contribution in [3.8, 4) is 0 Å². The van der Waals surface area contributed by atoms with Gasteiger partial charge in [-0.1, -0.05) is 23.5 Å². The highest BCUT2D eigenvalue weighted by Crippen LogP contribution is 2.33. The molecule has 2 saturated heterocycles. The summed E-state index contributed by atoms with van der Waals surface area (Å²) in [6.07, 6.45) is 0.403. The standard InChI is InChI=1S/C26H28N4O4S/c1-17-14-18(2)24-21(15-17)27-26(35-24)29(9-8-28-10-12-34-13-11-28)25(33)19-4-3-5-20(16-19)30-22(31)6-7-23(30)32/h3-5,14-16H,6-13H2,1-2H3. The molecule has 3 heterocycles. The number of benzene rings is 2. The number of aryl methyl sites for hydroxylation is 2. The van der Waals surface area contributed by atoms with Gasteiger partial charge in [0.05, 0.1) is 29.1 Å². The van der Waals surface area contributed by atoms with E-state index in [4.69, 9.17) is 9.72 Å². The Hall–Kier alpha value is -3.14. The monoisotopic (exact) mass is 492 g/mol. The lowest BCUT2D eigenvalue weighted by Gasteiger charge is -2.29. The lowest BCUT2D eigenvalue weighted by molar-refractivity contribution is -0.121. The summed E-state index contributed by atoms with van der Waals surface area (Å²) < 4.78 is 6.53. The number of nitrogens with zero attached hydrogens (tertiary/aromatic N) is 4. The largest absolute Gasteiger partial charge is 0.379 e. The zero-order valence-corrected chi connectivity index (χ0v) is 20.8. The van der Waals surface area contributed by atoms with Gasteiger partial charge < -0.3 is 4.74 Å². The highest BCUT2D eigenvalue weighted by molar-refractivity contribution is 7.22. The molecule has 3 amide bonds. The second-order valence-electron chi connectivity index (χ2n) is 9.01. The number of hydrogen-bond acceptors (Lipinski definition) is 7. The molecule has 2 fully saturated rings. The Morgan fingerprint density at radius 3 is 2.57 bits per heavy atom. The molecule has 1 aromatic heterocycles. The number of hydrogen-bond donors (Lipinski definition) is 0. The lowest BCUT2D eigenvalue weighted by atomic mass is 10.1. The normalized spacial score (nSPS) is 16.9. The number of imide groups is 1. The van der Waals surface area contributed by atoms with Gasteiger partial charge in [-0.05, 0) is 49.2 Å². The number of rotatable bonds is 6. The van der Waals surface area contributed by atoms with Gasteiger partial charge >= 0.3 is 0 Å². The van der Waals surface area contributed by atoms with Gasteiger partial charge in [0, 0.05) is 44.6 Å². The van der Waals surface area contributed by atoms with Crippen LogP contribution in [0.2, 0.25) is 0 Å². The van der Waals surface area contributed by atoms with E-state index >= 15 is 0 Å². The predicted octanol–water partition coefficient (Wildman–Crippen LogP) is 3.55. The maximum absolute atomic E-state index is 13.8. The summed E-state index contributed by atoms with van der Waals surface area (Å²) in [5, 5.41) is 0.644. The van der Waals surface area contributed by atoms with Crippen molar-refractivity contribution in [1.82, 2.24) is 9.88 Å². The minimum Gasteiger partial charge on any atom is -0.379 e. The van der Waals surface area contributed by atoms with Crippen molar-refractivity contribution in [2.75, 3.05) is 49.2 Å². The number of anilines is 2. The first-order valence-electron chi connectivity index (χ1n) is 11.9. The van der Waals surface area contributed by atoms with E-state index in [1.165, 1.54) is 16.2 Å². The average molecular weight is 493 g/mol. The Labute approximate surface area is 208 Å². The molecular weight excluding hydrogens is 464 g/mol. The maximum Gasteiger partial charge on any atom is 0.260 e. The second kappa shape index (κ2) is 9.85. The molecule has 0 radical (unpaired) electrons. The molecule has 35 heavy (non-hydrogen) atoms. The molecule has 3 aromatic rings. The zero-order chi connectivity index (χ0) is 24.5. The highest BCUT2D eigenvalue weighted by Gasteiger charge is 2.31. The van der Waals surface area contributed by atoms with E-state index < -0.39 is 0 Å². The molecular formula is C26H28N4O4S. The molecule has 8 nitrogen and oxygen atoms in total. The third-order valence-corrected chi connectivity index (χ3v) is 7.66. The van der Waals surface area contributed by atoms with Crippen LogP contribution in [0.25, 0.3) is 10.2 Å². The number of carbonyl (C=O) groups is 3. The summed E-state index contributed by atoms with van der Waals surface area (Å²) >= 11 is 1.51. The van der Waals surface area contributed by atoms with E-state index in [1.807, 2.05) is 13.0 Å². The van der Waals surface area contributed by atoms with Gasteiger partial charge in [-0.15, -0.1) is 0 Å². The molecule has 9 heteroatoms. The van der Waals surface area contributed by atoms with E-state index in [0.717, 1.165) is 34.4 Å². The molecule has 0 N–H and O–H groups in total. The van der Waals surface area contributed by atoms with Crippen LogP contribution in [-0.4, -0.2) is 67.0 Å². The van der Waals surface area contributed by atoms with Crippen LogP contribution < -0.4 is 9.80 Å². The van der Waals surface area contributed by atoms with Crippen molar-refractivity contribution in [1.29, 1.82) is 0 Å². The molecule has 0 atom stereocenters. The zero-order valence-electron chi connectivity index (χ0n) is 20.0. The number of morpholine rings is 1. The molecule has 2 aromatic carbocycles. The fraction of sp³-hybridized carbons (Fsp3) is 0.385. The highest BCUT2D eigenvalue weighted by atomic mass is 32.1. The smallest absolute Gasteiger partial charge is 0.260 e. The molecule has 0 unspecified atom stereocenters. The van der Waals surface area contributed by atoms with E-state index in [-0.39, 0.29) is 30.6 Å². The Balaban J connectivity index is 1.48. The Kier molecular flexibility index (Phi) is 6.64. The Bertz CT molecular complexity index is 1280. The van der Waals surface area contributed by atoms with Crippen LogP contribution in [-0.2, 0) is 14.3 Å². The van der Waals surface area contributed by atoms with Crippen LogP contribution in [0.1, 0.15) is 34.3 Å². The van der Waals surface area contributed by atoms with Gasteiger partial charge in [0.15, 0.2) is 5.13 Å². The summed E-state index contributed by atoms with van der Waals surface area (Å²) in [6.45, 7) is 8.31. The number of amides is 3. The third-order valence-electron chi connectivity index (χ3n) is 6.43. The minimum absolute atomic E-state index is 0.201. The fourth-order valence-corrected chi connectivity index (χ4v) is 5.67. The summed E-state index contributed by atoms with van der Waals surface area (Å²) in [4.78, 5) is 48.3. The molecule has 2 aliphatic rings. The van der Waals surface area contributed by atoms with Crippen LogP contribution >= 0.6 is 11.3 Å². The number of ether oxygens (including phenoxy) is 1. The lowest BCUT2D eigenvalue weighted by Crippen LogP contribution is -2.43. The molecule has 0 saturated carbocycles. The van der Waals surface area contributed by atoms with Gasteiger partial charge in [0.1, 0.15) is 0 Å². The topological polar surface area (TPSA) is 83.0 Å². The summed E-state index contributed by atoms with van der Waals surface area (Å²) in [6, 6.07) is 10.9. The van der Waals surface area contributed by atoms with Crippen LogP contribution in [0.4, 0.5) is 10.8 Å². The van der Waals surface area contributed by atoms with Crippen molar-refractivity contribution in [2.45, 2.75) is 26.7 Å². The SMILES string of the molecule is Cc1cc(C)c2sc(N(CCN3CCOCC3)C(=O)c3cccc(N4C(=O)CCC4=O)c3)nc2c1. The van der Waals surface area contributed by atoms with Crippen LogP contribution in [0.5, 0.6) is 0 Å². The first kappa shape index (κ1) is 23.6. The number of carbonyl (C=O) groups excluding carboxylic acids is 3.